The minimum atomic E-state index is -0.785. The number of benzene rings is 2. The molecule has 270 valence electrons. The second-order valence-electron chi connectivity index (χ2n) is 13.0. The number of aromatic hydroxyl groups is 2. The summed E-state index contributed by atoms with van der Waals surface area (Å²) in [6, 6.07) is 3.32. The zero-order valence-electron chi connectivity index (χ0n) is 29.5. The number of piperidine rings is 2. The van der Waals surface area contributed by atoms with Crippen LogP contribution in [0.1, 0.15) is 62.5 Å². The maximum atomic E-state index is 12.5. The first-order valence-corrected chi connectivity index (χ1v) is 17.2. The highest BCUT2D eigenvalue weighted by Crippen LogP contribution is 2.48. The van der Waals surface area contributed by atoms with Crippen LogP contribution in [0.2, 0.25) is 0 Å². The Morgan fingerprint density at radius 3 is 1.36 bits per heavy atom. The largest absolute Gasteiger partial charge is 0.504 e. The molecule has 0 radical (unpaired) electrons. The van der Waals surface area contributed by atoms with Crippen molar-refractivity contribution in [3.05, 3.63) is 23.3 Å². The van der Waals surface area contributed by atoms with E-state index >= 15 is 0 Å². The summed E-state index contributed by atoms with van der Waals surface area (Å²) in [6.07, 6.45) is 11.7. The van der Waals surface area contributed by atoms with Gasteiger partial charge in [0.2, 0.25) is 12.2 Å². The van der Waals surface area contributed by atoms with E-state index in [9.17, 15) is 29.4 Å². The number of carbonyl (C=O) groups is 2. The summed E-state index contributed by atoms with van der Waals surface area (Å²) in [7, 11) is 7.31. The van der Waals surface area contributed by atoms with E-state index in [0.29, 0.717) is 37.1 Å². The fourth-order valence-electron chi connectivity index (χ4n) is 6.89. The highest BCUT2D eigenvalue weighted by Gasteiger charge is 2.28. The topological polar surface area (TPSA) is 165 Å². The molecule has 2 aliphatic rings. The molecule has 2 fully saturated rings. The molecule has 14 heteroatoms. The van der Waals surface area contributed by atoms with Gasteiger partial charge in [-0.05, 0) is 64.2 Å². The van der Waals surface area contributed by atoms with Crippen LogP contribution in [0.5, 0.6) is 23.0 Å². The van der Waals surface area contributed by atoms with Gasteiger partial charge in [-0.2, -0.15) is 9.98 Å². The lowest BCUT2D eigenvalue weighted by atomic mass is 9.95. The number of phenols is 2. The normalized spacial score (nSPS) is 14.3. The molecular weight excluding hydrogens is 644 g/mol. The van der Waals surface area contributed by atoms with Gasteiger partial charge in [-0.25, -0.2) is 19.2 Å². The zero-order valence-corrected chi connectivity index (χ0v) is 29.5. The summed E-state index contributed by atoms with van der Waals surface area (Å²) in [4.78, 5) is 61.1. The molecule has 0 spiro atoms. The van der Waals surface area contributed by atoms with Crippen molar-refractivity contribution < 1.29 is 38.9 Å². The van der Waals surface area contributed by atoms with E-state index in [1.807, 2.05) is 38.0 Å². The van der Waals surface area contributed by atoms with Crippen molar-refractivity contribution in [2.75, 3.05) is 87.1 Å². The molecule has 2 saturated heterocycles. The first kappa shape index (κ1) is 37.8. The molecule has 14 nitrogen and oxygen atoms in total. The van der Waals surface area contributed by atoms with Crippen LogP contribution in [-0.2, 0) is 32.0 Å². The van der Waals surface area contributed by atoms with Crippen LogP contribution in [0.25, 0.3) is 0 Å². The number of nitrogens with zero attached hydrogens (tertiary/aromatic N) is 6. The number of carbonyl (C=O) groups excluding carboxylic acids is 4. The van der Waals surface area contributed by atoms with Crippen molar-refractivity contribution in [3.63, 3.8) is 0 Å². The number of hydrogen-bond donors (Lipinski definition) is 2. The predicted octanol–water partition coefficient (Wildman–Crippen LogP) is 4.26. The number of ether oxygens (including phenoxy) is 2. The molecule has 4 rings (SSSR count). The summed E-state index contributed by atoms with van der Waals surface area (Å²) in [5.41, 5.74) is 4.78. The molecule has 2 aromatic carbocycles. The number of esters is 2. The van der Waals surface area contributed by atoms with Crippen LogP contribution in [0.3, 0.4) is 0 Å². The summed E-state index contributed by atoms with van der Waals surface area (Å²) in [5, 5.41) is 22.3. The fourth-order valence-corrected chi connectivity index (χ4v) is 6.89. The number of isocyanates is 2. The summed E-state index contributed by atoms with van der Waals surface area (Å²) in [6.45, 7) is 2.33. The lowest BCUT2D eigenvalue weighted by Gasteiger charge is -2.34. The molecule has 0 unspecified atom stereocenters. The fraction of sp³-hybridized carbons (Fsp3) is 0.556. The molecule has 0 aromatic heterocycles. The molecule has 2 N–H and O–H groups in total. The summed E-state index contributed by atoms with van der Waals surface area (Å²) < 4.78 is 11.2. The number of unbranched alkanes of at least 4 members (excludes halogenated alkanes) is 1. The second kappa shape index (κ2) is 18.1. The van der Waals surface area contributed by atoms with Crippen molar-refractivity contribution in [3.8, 4) is 23.0 Å². The van der Waals surface area contributed by atoms with Crippen molar-refractivity contribution in [1.29, 1.82) is 0 Å². The van der Waals surface area contributed by atoms with E-state index in [1.165, 1.54) is 12.2 Å². The average Bonchev–Trinajstić information content (AvgIpc) is 3.10. The number of anilines is 4. The number of hydrogen-bond acceptors (Lipinski definition) is 14. The molecule has 0 atom stereocenters. The minimum absolute atomic E-state index is 0.0167. The molecule has 50 heavy (non-hydrogen) atoms. The third-order valence-corrected chi connectivity index (χ3v) is 9.00. The highest BCUT2D eigenvalue weighted by atomic mass is 16.5. The van der Waals surface area contributed by atoms with E-state index in [-0.39, 0.29) is 23.0 Å². The Balaban J connectivity index is 1.71. The Morgan fingerprint density at radius 2 is 1.04 bits per heavy atom. The van der Waals surface area contributed by atoms with Crippen molar-refractivity contribution >= 4 is 46.8 Å². The van der Waals surface area contributed by atoms with Crippen LogP contribution in [0.4, 0.5) is 22.7 Å². The number of aliphatic imine (C=N–C) groups is 2. The molecule has 2 aromatic rings. The van der Waals surface area contributed by atoms with E-state index < -0.39 is 25.0 Å². The van der Waals surface area contributed by atoms with Crippen LogP contribution in [0, 0.1) is 0 Å². The van der Waals surface area contributed by atoms with Crippen molar-refractivity contribution in [1.82, 2.24) is 0 Å². The molecule has 0 bridgehead atoms. The van der Waals surface area contributed by atoms with Gasteiger partial charge in [0.25, 0.3) is 0 Å². The Kier molecular flexibility index (Phi) is 13.7. The summed E-state index contributed by atoms with van der Waals surface area (Å²) in [5.74, 6) is -1.88. The minimum Gasteiger partial charge on any atom is -0.504 e. The molecule has 2 heterocycles. The highest BCUT2D eigenvalue weighted by molar-refractivity contribution is 5.85. The zero-order chi connectivity index (χ0) is 36.2. The molecule has 2 aliphatic heterocycles. The third-order valence-electron chi connectivity index (χ3n) is 9.00. The molecule has 0 saturated carbocycles. The SMILES string of the molecule is CN(C)c1c(CCCCc2c(N3CCCCC3)cc(O)c(OC(=O)CN=C=O)c2N(C)C)c(N2CCCCC2)cc(O)c1OC(=O)CN=C=O. The average molecular weight is 693 g/mol. The van der Waals surface area contributed by atoms with Gasteiger partial charge in [0, 0.05) is 89.0 Å². The first-order valence-electron chi connectivity index (χ1n) is 17.2. The third kappa shape index (κ3) is 9.34. The van der Waals surface area contributed by atoms with Crippen molar-refractivity contribution in [2.45, 2.75) is 64.2 Å². The van der Waals surface area contributed by atoms with Crippen LogP contribution in [0.15, 0.2) is 22.1 Å². The van der Waals surface area contributed by atoms with Gasteiger partial charge in [0.05, 0.1) is 11.4 Å². The molecular formula is C36H48N6O8. The predicted molar refractivity (Wildman–Crippen MR) is 191 cm³/mol. The lowest BCUT2D eigenvalue weighted by molar-refractivity contribution is -0.133. The van der Waals surface area contributed by atoms with Gasteiger partial charge in [-0.3, -0.25) is 0 Å². The first-order chi connectivity index (χ1) is 24.1. The van der Waals surface area contributed by atoms with Crippen LogP contribution >= 0.6 is 0 Å². The van der Waals surface area contributed by atoms with Crippen LogP contribution in [-0.4, -0.2) is 102 Å². The van der Waals surface area contributed by atoms with Crippen molar-refractivity contribution in [2.24, 2.45) is 9.98 Å². The van der Waals surface area contributed by atoms with Gasteiger partial charge in [0.1, 0.15) is 13.1 Å². The maximum Gasteiger partial charge on any atom is 0.334 e. The Hall–Kier alpha value is -5.06. The van der Waals surface area contributed by atoms with Gasteiger partial charge in [0.15, 0.2) is 23.0 Å². The molecule has 0 amide bonds. The van der Waals surface area contributed by atoms with Gasteiger partial charge < -0.3 is 39.3 Å². The van der Waals surface area contributed by atoms with E-state index in [4.69, 9.17) is 9.47 Å². The Morgan fingerprint density at radius 1 is 0.680 bits per heavy atom. The maximum absolute atomic E-state index is 12.5. The Bertz CT molecular complexity index is 1500. The van der Waals surface area contributed by atoms with E-state index in [1.54, 1.807) is 12.1 Å². The lowest BCUT2D eigenvalue weighted by Crippen LogP contribution is -2.31. The van der Waals surface area contributed by atoms with Gasteiger partial charge in [-0.15, -0.1) is 0 Å². The molecule has 0 aliphatic carbocycles. The number of phenolic OH excluding ortho intramolecular Hbond substituents is 2. The summed E-state index contributed by atoms with van der Waals surface area (Å²) >= 11 is 0. The quantitative estimate of drug-likeness (QED) is 0.0898. The van der Waals surface area contributed by atoms with Gasteiger partial charge in [-0.1, -0.05) is 0 Å². The van der Waals surface area contributed by atoms with Crippen LogP contribution < -0.4 is 29.1 Å². The van der Waals surface area contributed by atoms with E-state index in [0.717, 1.165) is 87.2 Å². The second-order valence-corrected chi connectivity index (χ2v) is 13.0. The smallest absolute Gasteiger partial charge is 0.334 e. The van der Waals surface area contributed by atoms with E-state index in [2.05, 4.69) is 19.8 Å². The standard InChI is InChI=1S/C36H48N6O8/c1-39(2)33-25(27(41-15-9-5-10-16-41)19-29(45)35(33)49-31(47)21-37-23-43)13-7-8-14-26-28(42-17-11-6-12-18-42)20-30(46)36(34(26)40(3)4)50-32(48)22-38-24-44/h19-20,45-46H,5-18,21-22H2,1-4H3. The Labute approximate surface area is 293 Å². The monoisotopic (exact) mass is 692 g/mol. The number of rotatable bonds is 15. The van der Waals surface area contributed by atoms with Gasteiger partial charge >= 0.3 is 11.9 Å².